The van der Waals surface area contributed by atoms with Crippen LogP contribution in [0.25, 0.3) is 11.0 Å². The van der Waals surface area contributed by atoms with Crippen LogP contribution in [0, 0.1) is 0 Å². The predicted octanol–water partition coefficient (Wildman–Crippen LogP) is 2.91. The Kier molecular flexibility index (Phi) is 3.63. The molecule has 0 bridgehead atoms. The maximum absolute atomic E-state index is 13.5. The van der Waals surface area contributed by atoms with Crippen molar-refractivity contribution in [2.45, 2.75) is 62.3 Å². The summed E-state index contributed by atoms with van der Waals surface area (Å²) in [4.78, 5) is 20.0. The maximum atomic E-state index is 13.5. The van der Waals surface area contributed by atoms with Crippen molar-refractivity contribution < 1.29 is 13.2 Å². The fourth-order valence-electron chi connectivity index (χ4n) is 4.13. The van der Waals surface area contributed by atoms with E-state index in [1.807, 2.05) is 0 Å². The second-order valence-corrected chi connectivity index (χ2v) is 7.43. The Morgan fingerprint density at radius 2 is 1.96 bits per heavy atom. The lowest BCUT2D eigenvalue weighted by molar-refractivity contribution is -0.0446. The van der Waals surface area contributed by atoms with Crippen LogP contribution in [0.3, 0.4) is 0 Å². The van der Waals surface area contributed by atoms with Gasteiger partial charge in [0, 0.05) is 24.7 Å². The van der Waals surface area contributed by atoms with E-state index in [9.17, 15) is 13.6 Å². The van der Waals surface area contributed by atoms with Gasteiger partial charge in [0.05, 0.1) is 12.2 Å². The molecule has 3 aromatic rings. The summed E-state index contributed by atoms with van der Waals surface area (Å²) in [5, 5.41) is 12.4. The Bertz CT molecular complexity index is 1020. The topological polar surface area (TPSA) is 102 Å². The standard InChI is InChI=1S/C17H18F2N6O2/c18-17(19)5-3-9(4-6-17)25-14-12(7-21-25)15(26)23-13(22-14)10-1-2-11(10)16-24-20-8-27-16/h7-11H,1-6H2,(H,22,23,26)/t10-,11-/m1/s1. The molecule has 0 unspecified atom stereocenters. The second-order valence-electron chi connectivity index (χ2n) is 7.43. The first-order valence-electron chi connectivity index (χ1n) is 9.13. The van der Waals surface area contributed by atoms with Gasteiger partial charge < -0.3 is 9.40 Å². The number of fused-ring (bicyclic) bond motifs is 1. The molecule has 0 aliphatic heterocycles. The molecular formula is C17H18F2N6O2. The third-order valence-electron chi connectivity index (χ3n) is 5.83. The third kappa shape index (κ3) is 2.74. The summed E-state index contributed by atoms with van der Waals surface area (Å²) in [6.07, 6.45) is 4.79. The van der Waals surface area contributed by atoms with Crippen LogP contribution in [0.2, 0.25) is 0 Å². The van der Waals surface area contributed by atoms with E-state index in [4.69, 9.17) is 4.42 Å². The first-order chi connectivity index (χ1) is 13.0. The molecule has 10 heteroatoms. The van der Waals surface area contributed by atoms with Gasteiger partial charge in [-0.1, -0.05) is 0 Å². The van der Waals surface area contributed by atoms with Crippen LogP contribution in [0.5, 0.6) is 0 Å². The van der Waals surface area contributed by atoms with E-state index in [1.54, 1.807) is 4.68 Å². The first kappa shape index (κ1) is 16.5. The van der Waals surface area contributed by atoms with Crippen molar-refractivity contribution >= 4 is 11.0 Å². The van der Waals surface area contributed by atoms with E-state index in [0.717, 1.165) is 12.8 Å². The number of hydrogen-bond acceptors (Lipinski definition) is 6. The van der Waals surface area contributed by atoms with Gasteiger partial charge in [-0.3, -0.25) is 4.79 Å². The number of halogens is 2. The Balaban J connectivity index is 1.50. The molecule has 0 amide bonds. The number of rotatable bonds is 3. The molecule has 0 spiro atoms. The third-order valence-corrected chi connectivity index (χ3v) is 5.83. The average molecular weight is 376 g/mol. The molecule has 2 saturated carbocycles. The summed E-state index contributed by atoms with van der Waals surface area (Å²) >= 11 is 0. The molecule has 0 aromatic carbocycles. The van der Waals surface area contributed by atoms with Gasteiger partial charge in [0.25, 0.3) is 5.56 Å². The maximum Gasteiger partial charge on any atom is 0.262 e. The number of nitrogens with zero attached hydrogens (tertiary/aromatic N) is 5. The summed E-state index contributed by atoms with van der Waals surface area (Å²) < 4.78 is 33.9. The Labute approximate surface area is 152 Å². The highest BCUT2D eigenvalue weighted by atomic mass is 19.3. The average Bonchev–Trinajstić information content (AvgIpc) is 3.24. The molecule has 3 aromatic heterocycles. The van der Waals surface area contributed by atoms with Crippen LogP contribution in [0.1, 0.15) is 68.1 Å². The molecular weight excluding hydrogens is 358 g/mol. The van der Waals surface area contributed by atoms with E-state index >= 15 is 0 Å². The van der Waals surface area contributed by atoms with Gasteiger partial charge in [-0.15, -0.1) is 10.2 Å². The molecule has 2 atom stereocenters. The summed E-state index contributed by atoms with van der Waals surface area (Å²) in [6.45, 7) is 0. The normalized spacial score (nSPS) is 25.6. The van der Waals surface area contributed by atoms with Crippen LogP contribution in [-0.4, -0.2) is 35.9 Å². The molecule has 1 N–H and O–H groups in total. The number of aromatic nitrogens is 6. The van der Waals surface area contributed by atoms with Crippen LogP contribution < -0.4 is 5.56 Å². The summed E-state index contributed by atoms with van der Waals surface area (Å²) in [5.41, 5.74) is 0.193. The predicted molar refractivity (Wildman–Crippen MR) is 89.6 cm³/mol. The minimum Gasteiger partial charge on any atom is -0.428 e. The van der Waals surface area contributed by atoms with Crippen molar-refractivity contribution in [2.75, 3.05) is 0 Å². The molecule has 27 heavy (non-hydrogen) atoms. The summed E-state index contributed by atoms with van der Waals surface area (Å²) in [6, 6.07) is -0.169. The summed E-state index contributed by atoms with van der Waals surface area (Å²) in [5.74, 6) is -1.50. The summed E-state index contributed by atoms with van der Waals surface area (Å²) in [7, 11) is 0. The van der Waals surface area contributed by atoms with Crippen molar-refractivity contribution in [2.24, 2.45) is 0 Å². The van der Waals surface area contributed by atoms with E-state index in [2.05, 4.69) is 25.3 Å². The molecule has 8 nitrogen and oxygen atoms in total. The number of aromatic amines is 1. The Morgan fingerprint density at radius 1 is 1.19 bits per heavy atom. The van der Waals surface area contributed by atoms with E-state index in [1.165, 1.54) is 12.6 Å². The highest BCUT2D eigenvalue weighted by Gasteiger charge is 2.39. The van der Waals surface area contributed by atoms with E-state index in [0.29, 0.717) is 35.6 Å². The zero-order valence-corrected chi connectivity index (χ0v) is 14.4. The van der Waals surface area contributed by atoms with Crippen molar-refractivity contribution in [3.05, 3.63) is 34.7 Å². The van der Waals surface area contributed by atoms with Crippen molar-refractivity contribution in [1.29, 1.82) is 0 Å². The lowest BCUT2D eigenvalue weighted by Crippen LogP contribution is -2.28. The minimum absolute atomic E-state index is 0.0124. The zero-order valence-electron chi connectivity index (χ0n) is 14.4. The van der Waals surface area contributed by atoms with Gasteiger partial charge >= 0.3 is 0 Å². The fraction of sp³-hybridized carbons (Fsp3) is 0.588. The molecule has 2 aliphatic carbocycles. The van der Waals surface area contributed by atoms with Crippen molar-refractivity contribution in [3.8, 4) is 0 Å². The lowest BCUT2D eigenvalue weighted by Gasteiger charge is -2.33. The smallest absolute Gasteiger partial charge is 0.262 e. The Morgan fingerprint density at radius 3 is 2.63 bits per heavy atom. The molecule has 5 rings (SSSR count). The number of H-pyrrole nitrogens is 1. The van der Waals surface area contributed by atoms with Crippen molar-refractivity contribution in [3.63, 3.8) is 0 Å². The van der Waals surface area contributed by atoms with E-state index < -0.39 is 5.92 Å². The Hall–Kier alpha value is -2.65. The van der Waals surface area contributed by atoms with Gasteiger partial charge in [-0.2, -0.15) is 5.10 Å². The molecule has 2 fully saturated rings. The van der Waals surface area contributed by atoms with Crippen LogP contribution in [-0.2, 0) is 0 Å². The SMILES string of the molecule is O=c1[nH]c([C@@H]2CC[C@H]2c2nnco2)nc2c1cnn2C1CCC(F)(F)CC1. The van der Waals surface area contributed by atoms with Crippen LogP contribution >= 0.6 is 0 Å². The zero-order chi connectivity index (χ0) is 18.6. The van der Waals surface area contributed by atoms with E-state index in [-0.39, 0.29) is 36.3 Å². The highest BCUT2D eigenvalue weighted by Crippen LogP contribution is 2.47. The first-order valence-corrected chi connectivity index (χ1v) is 9.13. The number of hydrogen-bond donors (Lipinski definition) is 1. The number of nitrogens with one attached hydrogen (secondary N) is 1. The molecule has 142 valence electrons. The van der Waals surface area contributed by atoms with Gasteiger partial charge in [0.1, 0.15) is 11.2 Å². The van der Waals surface area contributed by atoms with Gasteiger partial charge in [0.15, 0.2) is 5.65 Å². The monoisotopic (exact) mass is 376 g/mol. The fourth-order valence-corrected chi connectivity index (χ4v) is 4.13. The minimum atomic E-state index is -2.61. The molecule has 2 aliphatic rings. The van der Waals surface area contributed by atoms with Crippen LogP contribution in [0.15, 0.2) is 21.8 Å². The van der Waals surface area contributed by atoms with Gasteiger partial charge in [-0.25, -0.2) is 18.4 Å². The van der Waals surface area contributed by atoms with Gasteiger partial charge in [-0.05, 0) is 25.7 Å². The largest absolute Gasteiger partial charge is 0.428 e. The lowest BCUT2D eigenvalue weighted by atomic mass is 9.73. The van der Waals surface area contributed by atoms with Gasteiger partial charge in [0.2, 0.25) is 18.2 Å². The van der Waals surface area contributed by atoms with Crippen LogP contribution in [0.4, 0.5) is 8.78 Å². The molecule has 3 heterocycles. The quantitative estimate of drug-likeness (QED) is 0.754. The second kappa shape index (κ2) is 5.93. The number of alkyl halides is 2. The van der Waals surface area contributed by atoms with Crippen molar-refractivity contribution in [1.82, 2.24) is 29.9 Å². The molecule has 0 radical (unpaired) electrons. The highest BCUT2D eigenvalue weighted by molar-refractivity contribution is 5.73. The molecule has 0 saturated heterocycles.